The van der Waals surface area contributed by atoms with Crippen molar-refractivity contribution in [3.05, 3.63) is 68.7 Å². The minimum absolute atomic E-state index is 0.0110. The minimum Gasteiger partial charge on any atom is -0.494 e. The van der Waals surface area contributed by atoms with Gasteiger partial charge in [0, 0.05) is 25.7 Å². The lowest BCUT2D eigenvalue weighted by Gasteiger charge is -2.32. The molecule has 1 saturated heterocycles. The van der Waals surface area contributed by atoms with Crippen LogP contribution in [0.15, 0.2) is 47.3 Å². The van der Waals surface area contributed by atoms with Crippen LogP contribution in [0.5, 0.6) is 5.75 Å². The summed E-state index contributed by atoms with van der Waals surface area (Å²) in [4.78, 5) is 30.4. The Morgan fingerprint density at radius 1 is 1.16 bits per heavy atom. The molecule has 0 atom stereocenters. The number of nitrogens with zero attached hydrogens (tertiary/aromatic N) is 2. The van der Waals surface area contributed by atoms with Gasteiger partial charge in [-0.05, 0) is 86.6 Å². The van der Waals surface area contributed by atoms with Gasteiger partial charge in [0.15, 0.2) is 4.77 Å². The molecule has 2 heterocycles. The van der Waals surface area contributed by atoms with E-state index >= 15 is 0 Å². The Bertz CT molecular complexity index is 1220. The van der Waals surface area contributed by atoms with Gasteiger partial charge in [-0.2, -0.15) is 0 Å². The molecule has 0 radical (unpaired) electrons. The summed E-state index contributed by atoms with van der Waals surface area (Å²) < 4.78 is 7.25. The van der Waals surface area contributed by atoms with Crippen molar-refractivity contribution in [1.29, 1.82) is 0 Å². The predicted octanol–water partition coefficient (Wildman–Crippen LogP) is 4.48. The Morgan fingerprint density at radius 3 is 2.56 bits per heavy atom. The number of benzene rings is 2. The molecule has 1 aliphatic heterocycles. The van der Waals surface area contributed by atoms with E-state index in [9.17, 15) is 9.59 Å². The van der Waals surface area contributed by atoms with Crippen molar-refractivity contribution in [2.45, 2.75) is 32.6 Å². The zero-order valence-electron chi connectivity index (χ0n) is 18.6. The normalized spacial score (nSPS) is 14.6. The highest BCUT2D eigenvalue weighted by Crippen LogP contribution is 2.24. The number of aromatic nitrogens is 2. The number of piperidine rings is 1. The monoisotopic (exact) mass is 451 g/mol. The van der Waals surface area contributed by atoms with E-state index in [0.717, 1.165) is 44.5 Å². The molecule has 0 bridgehead atoms. The molecule has 1 N–H and O–H groups in total. The van der Waals surface area contributed by atoms with Crippen LogP contribution in [0.2, 0.25) is 0 Å². The smallest absolute Gasteiger partial charge is 0.261 e. The fourth-order valence-corrected chi connectivity index (χ4v) is 4.53. The first kappa shape index (κ1) is 22.3. The average Bonchev–Trinajstić information content (AvgIpc) is 2.82. The van der Waals surface area contributed by atoms with E-state index in [-0.39, 0.29) is 11.5 Å². The van der Waals surface area contributed by atoms with Gasteiger partial charge in [-0.1, -0.05) is 12.1 Å². The van der Waals surface area contributed by atoms with Crippen LogP contribution in [0.1, 0.15) is 42.1 Å². The number of fused-ring (bicyclic) bond motifs is 1. The molecule has 3 aromatic rings. The van der Waals surface area contributed by atoms with Crippen molar-refractivity contribution < 1.29 is 9.53 Å². The molecule has 1 fully saturated rings. The first-order valence-corrected chi connectivity index (χ1v) is 11.6. The van der Waals surface area contributed by atoms with Crippen LogP contribution >= 0.6 is 12.2 Å². The number of likely N-dealkylation sites (tertiary alicyclic amines) is 1. The maximum Gasteiger partial charge on any atom is 0.261 e. The number of hydrogen-bond donors (Lipinski definition) is 1. The Hall–Kier alpha value is -2.93. The largest absolute Gasteiger partial charge is 0.494 e. The van der Waals surface area contributed by atoms with Crippen molar-refractivity contribution in [3.63, 3.8) is 0 Å². The number of amides is 1. The van der Waals surface area contributed by atoms with Crippen LogP contribution in [0.4, 0.5) is 0 Å². The summed E-state index contributed by atoms with van der Waals surface area (Å²) in [6.07, 6.45) is 4.20. The number of carbonyl (C=O) groups excluding carboxylic acids is 1. The standard InChI is InChI=1S/C25H29N3O3S/c1-3-31-20-9-6-17(7-10-20)4-5-18-12-14-28(15-13-18)23(29)19-8-11-21-22(16-19)26-25(32)27(2)24(21)30/h6-11,16,18H,3-5,12-15H2,1-2H3,(H,26,32). The van der Waals surface area contributed by atoms with Crippen LogP contribution in [-0.4, -0.2) is 40.1 Å². The molecule has 2 aromatic carbocycles. The van der Waals surface area contributed by atoms with Crippen LogP contribution in [0, 0.1) is 10.7 Å². The van der Waals surface area contributed by atoms with E-state index in [2.05, 4.69) is 17.1 Å². The fourth-order valence-electron chi connectivity index (χ4n) is 4.34. The molecule has 1 aliphatic rings. The Balaban J connectivity index is 1.34. The second-order valence-electron chi connectivity index (χ2n) is 8.41. The summed E-state index contributed by atoms with van der Waals surface area (Å²) in [6.45, 7) is 4.19. The van der Waals surface area contributed by atoms with Crippen molar-refractivity contribution in [2.24, 2.45) is 13.0 Å². The number of aryl methyl sites for hydroxylation is 1. The highest BCUT2D eigenvalue weighted by Gasteiger charge is 2.24. The number of hydrogen-bond acceptors (Lipinski definition) is 4. The van der Waals surface area contributed by atoms with Gasteiger partial charge in [-0.3, -0.25) is 14.2 Å². The van der Waals surface area contributed by atoms with E-state index in [1.807, 2.05) is 24.0 Å². The SMILES string of the molecule is CCOc1ccc(CCC2CCN(C(=O)c3ccc4c(=O)n(C)c(=S)[nH]c4c3)CC2)cc1. The predicted molar refractivity (Wildman–Crippen MR) is 129 cm³/mol. The minimum atomic E-state index is -0.156. The number of H-pyrrole nitrogens is 1. The highest BCUT2D eigenvalue weighted by atomic mass is 32.1. The molecule has 0 unspecified atom stereocenters. The van der Waals surface area contributed by atoms with Crippen LogP contribution in [0.25, 0.3) is 10.9 Å². The Morgan fingerprint density at radius 2 is 1.88 bits per heavy atom. The third-order valence-electron chi connectivity index (χ3n) is 6.33. The van der Waals surface area contributed by atoms with Gasteiger partial charge in [0.2, 0.25) is 0 Å². The quantitative estimate of drug-likeness (QED) is 0.561. The summed E-state index contributed by atoms with van der Waals surface area (Å²) in [7, 11) is 1.64. The molecule has 0 saturated carbocycles. The highest BCUT2D eigenvalue weighted by molar-refractivity contribution is 7.71. The van der Waals surface area contributed by atoms with Gasteiger partial charge < -0.3 is 14.6 Å². The first-order valence-electron chi connectivity index (χ1n) is 11.2. The zero-order valence-corrected chi connectivity index (χ0v) is 19.4. The molecule has 6 nitrogen and oxygen atoms in total. The number of nitrogens with one attached hydrogen (secondary N) is 1. The summed E-state index contributed by atoms with van der Waals surface area (Å²) in [6, 6.07) is 13.5. The van der Waals surface area contributed by atoms with Gasteiger partial charge in [-0.25, -0.2) is 0 Å². The van der Waals surface area contributed by atoms with E-state index in [1.54, 1.807) is 25.2 Å². The molecular weight excluding hydrogens is 422 g/mol. The molecule has 1 amide bonds. The molecule has 7 heteroatoms. The van der Waals surface area contributed by atoms with Crippen LogP contribution in [-0.2, 0) is 13.5 Å². The van der Waals surface area contributed by atoms with E-state index in [1.165, 1.54) is 10.1 Å². The molecule has 0 spiro atoms. The molecule has 4 rings (SSSR count). The van der Waals surface area contributed by atoms with Crippen molar-refractivity contribution in [3.8, 4) is 5.75 Å². The number of ether oxygens (including phenoxy) is 1. The lowest BCUT2D eigenvalue weighted by molar-refractivity contribution is 0.0687. The summed E-state index contributed by atoms with van der Waals surface area (Å²) in [5.41, 5.74) is 2.36. The number of carbonyl (C=O) groups is 1. The molecular formula is C25H29N3O3S. The molecule has 1 aromatic heterocycles. The molecule has 32 heavy (non-hydrogen) atoms. The van der Waals surface area contributed by atoms with Gasteiger partial charge in [0.05, 0.1) is 17.5 Å². The third-order valence-corrected chi connectivity index (χ3v) is 6.70. The van der Waals surface area contributed by atoms with E-state index in [4.69, 9.17) is 17.0 Å². The van der Waals surface area contributed by atoms with E-state index in [0.29, 0.717) is 33.8 Å². The maximum absolute atomic E-state index is 13.0. The summed E-state index contributed by atoms with van der Waals surface area (Å²) in [5, 5.41) is 0.533. The lowest BCUT2D eigenvalue weighted by atomic mass is 9.90. The van der Waals surface area contributed by atoms with Crippen LogP contribution < -0.4 is 10.3 Å². The second-order valence-corrected chi connectivity index (χ2v) is 8.79. The van der Waals surface area contributed by atoms with Gasteiger partial charge in [0.1, 0.15) is 5.75 Å². The average molecular weight is 452 g/mol. The number of rotatable bonds is 6. The van der Waals surface area contributed by atoms with Crippen molar-refractivity contribution in [2.75, 3.05) is 19.7 Å². The van der Waals surface area contributed by atoms with Crippen molar-refractivity contribution >= 4 is 29.0 Å². The van der Waals surface area contributed by atoms with E-state index < -0.39 is 0 Å². The van der Waals surface area contributed by atoms with Crippen molar-refractivity contribution in [1.82, 2.24) is 14.5 Å². The summed E-state index contributed by atoms with van der Waals surface area (Å²) in [5.74, 6) is 1.55. The maximum atomic E-state index is 13.0. The first-order chi connectivity index (χ1) is 15.5. The van der Waals surface area contributed by atoms with Gasteiger partial charge in [0.25, 0.3) is 11.5 Å². The van der Waals surface area contributed by atoms with Gasteiger partial charge in [-0.15, -0.1) is 0 Å². The third kappa shape index (κ3) is 4.78. The molecule has 168 valence electrons. The zero-order chi connectivity index (χ0) is 22.7. The molecule has 0 aliphatic carbocycles. The second kappa shape index (κ2) is 9.69. The Kier molecular flexibility index (Phi) is 6.74. The lowest BCUT2D eigenvalue weighted by Crippen LogP contribution is -2.38. The topological polar surface area (TPSA) is 67.3 Å². The van der Waals surface area contributed by atoms with Gasteiger partial charge >= 0.3 is 0 Å². The fraction of sp³-hybridized carbons (Fsp3) is 0.400. The number of aromatic amines is 1. The summed E-state index contributed by atoms with van der Waals surface area (Å²) >= 11 is 5.20. The van der Waals surface area contributed by atoms with Crippen LogP contribution in [0.3, 0.4) is 0 Å². The Labute approximate surface area is 192 Å².